The predicted octanol–water partition coefficient (Wildman–Crippen LogP) is 6.39. The summed E-state index contributed by atoms with van der Waals surface area (Å²) in [5, 5.41) is 13.1. The van der Waals surface area contributed by atoms with E-state index in [2.05, 4.69) is 15.3 Å². The first-order chi connectivity index (χ1) is 19.0. The van der Waals surface area contributed by atoms with Crippen LogP contribution in [0.1, 0.15) is 66.7 Å². The van der Waals surface area contributed by atoms with E-state index in [4.69, 9.17) is 4.98 Å². The Morgan fingerprint density at radius 1 is 1.07 bits per heavy atom. The second-order valence-electron chi connectivity index (χ2n) is 10.4. The van der Waals surface area contributed by atoms with E-state index in [1.807, 2.05) is 60.7 Å². The molecule has 2 aromatic heterocycles. The molecule has 0 aliphatic heterocycles. The summed E-state index contributed by atoms with van der Waals surface area (Å²) in [7, 11) is 1.92. The van der Waals surface area contributed by atoms with Gasteiger partial charge < -0.3 is 19.9 Å². The number of aromatic carboxylic acids is 1. The molecule has 5 rings (SSSR count). The highest BCUT2D eigenvalue weighted by Gasteiger charge is 2.31. The maximum atomic E-state index is 13.2. The number of carbonyl (C=O) groups is 1. The minimum Gasteiger partial charge on any atom is -0.475 e. The van der Waals surface area contributed by atoms with Crippen molar-refractivity contribution in [1.82, 2.24) is 19.5 Å². The summed E-state index contributed by atoms with van der Waals surface area (Å²) in [5.41, 5.74) is 1.57. The number of carboxylic acids is 1. The Hall–Kier alpha value is -4.15. The Morgan fingerprint density at radius 2 is 1.75 bits per heavy atom. The van der Waals surface area contributed by atoms with Gasteiger partial charge in [0.2, 0.25) is 5.82 Å². The van der Waals surface area contributed by atoms with Gasteiger partial charge in [0, 0.05) is 25.3 Å². The highest BCUT2D eigenvalue weighted by Crippen LogP contribution is 2.35. The molecule has 40 heavy (non-hydrogen) atoms. The molecule has 0 saturated heterocycles. The number of alkyl halides is 3. The minimum absolute atomic E-state index is 0.0378. The lowest BCUT2D eigenvalue weighted by Gasteiger charge is -2.32. The number of nitrogens with one attached hydrogen (secondary N) is 1. The van der Waals surface area contributed by atoms with Crippen LogP contribution >= 0.6 is 0 Å². The van der Waals surface area contributed by atoms with E-state index >= 15 is 0 Å². The third-order valence-electron chi connectivity index (χ3n) is 7.79. The van der Waals surface area contributed by atoms with Gasteiger partial charge in [-0.1, -0.05) is 36.8 Å². The smallest absolute Gasteiger partial charge is 0.416 e. The van der Waals surface area contributed by atoms with Gasteiger partial charge in [-0.15, -0.1) is 0 Å². The SMILES string of the molecule is CC(Nc1nc(C(=O)O)nc2nc(C(C)N(C)c3ccccc3)n(Cc3ccc(C(F)(F)F)cc3)c12)C1CCC1. The van der Waals surface area contributed by atoms with Crippen molar-refractivity contribution >= 4 is 28.6 Å². The van der Waals surface area contributed by atoms with Crippen molar-refractivity contribution in [3.05, 3.63) is 77.4 Å². The van der Waals surface area contributed by atoms with Gasteiger partial charge >= 0.3 is 12.1 Å². The van der Waals surface area contributed by atoms with E-state index in [0.717, 1.165) is 37.1 Å². The maximum Gasteiger partial charge on any atom is 0.416 e. The van der Waals surface area contributed by atoms with Crippen LogP contribution in [0.2, 0.25) is 0 Å². The number of hydrogen-bond acceptors (Lipinski definition) is 6. The lowest BCUT2D eigenvalue weighted by Crippen LogP contribution is -2.31. The molecule has 1 aliphatic rings. The number of nitrogens with zero attached hydrogens (tertiary/aromatic N) is 5. The van der Waals surface area contributed by atoms with E-state index in [-0.39, 0.29) is 30.1 Å². The van der Waals surface area contributed by atoms with Crippen LogP contribution in [-0.2, 0) is 12.7 Å². The number of carboxylic acid groups (broad SMARTS) is 1. The lowest BCUT2D eigenvalue weighted by molar-refractivity contribution is -0.137. The highest BCUT2D eigenvalue weighted by molar-refractivity contribution is 5.91. The van der Waals surface area contributed by atoms with Gasteiger partial charge in [-0.2, -0.15) is 13.2 Å². The quantitative estimate of drug-likeness (QED) is 0.248. The summed E-state index contributed by atoms with van der Waals surface area (Å²) in [6.07, 6.45) is -1.14. The van der Waals surface area contributed by atoms with Crippen LogP contribution in [0.15, 0.2) is 54.6 Å². The number of aromatic nitrogens is 4. The zero-order valence-corrected chi connectivity index (χ0v) is 22.5. The Labute approximate surface area is 229 Å². The number of fused-ring (bicyclic) bond motifs is 1. The third kappa shape index (κ3) is 5.45. The fraction of sp³-hybridized carbons (Fsp3) is 0.379. The summed E-state index contributed by atoms with van der Waals surface area (Å²) < 4.78 is 41.5. The molecule has 2 aromatic carbocycles. The zero-order valence-electron chi connectivity index (χ0n) is 22.5. The lowest BCUT2D eigenvalue weighted by atomic mass is 9.80. The Balaban J connectivity index is 1.65. The van der Waals surface area contributed by atoms with Gasteiger partial charge in [-0.25, -0.2) is 19.7 Å². The zero-order chi connectivity index (χ0) is 28.6. The molecule has 1 aliphatic carbocycles. The van der Waals surface area contributed by atoms with Gasteiger partial charge in [0.25, 0.3) is 0 Å². The van der Waals surface area contributed by atoms with Gasteiger partial charge in [-0.3, -0.25) is 0 Å². The summed E-state index contributed by atoms with van der Waals surface area (Å²) in [6.45, 7) is 4.20. The second-order valence-corrected chi connectivity index (χ2v) is 10.4. The average Bonchev–Trinajstić information content (AvgIpc) is 3.25. The molecule has 0 bridgehead atoms. The van der Waals surface area contributed by atoms with Gasteiger partial charge in [-0.05, 0) is 62.4 Å². The van der Waals surface area contributed by atoms with Crippen LogP contribution in [0.3, 0.4) is 0 Å². The topological polar surface area (TPSA) is 96.2 Å². The normalized spacial score (nSPS) is 15.4. The number of halogens is 3. The second kappa shape index (κ2) is 10.8. The monoisotopic (exact) mass is 552 g/mol. The van der Waals surface area contributed by atoms with Gasteiger partial charge in [0.05, 0.1) is 11.6 Å². The summed E-state index contributed by atoms with van der Waals surface area (Å²) in [6, 6.07) is 14.5. The number of hydrogen-bond donors (Lipinski definition) is 2. The molecular weight excluding hydrogens is 521 g/mol. The molecule has 2 unspecified atom stereocenters. The van der Waals surface area contributed by atoms with Crippen molar-refractivity contribution in [2.24, 2.45) is 5.92 Å². The molecule has 11 heteroatoms. The molecule has 2 atom stereocenters. The fourth-order valence-electron chi connectivity index (χ4n) is 5.04. The molecule has 1 saturated carbocycles. The van der Waals surface area contributed by atoms with Crippen molar-refractivity contribution in [2.45, 2.75) is 57.9 Å². The fourth-order valence-corrected chi connectivity index (χ4v) is 5.04. The van der Waals surface area contributed by atoms with Crippen LogP contribution in [0, 0.1) is 5.92 Å². The van der Waals surface area contributed by atoms with Crippen molar-refractivity contribution < 1.29 is 23.1 Å². The van der Waals surface area contributed by atoms with Crippen LogP contribution < -0.4 is 10.2 Å². The van der Waals surface area contributed by atoms with Gasteiger partial charge in [0.15, 0.2) is 11.5 Å². The largest absolute Gasteiger partial charge is 0.475 e. The van der Waals surface area contributed by atoms with E-state index in [9.17, 15) is 23.1 Å². The molecule has 1 fully saturated rings. The van der Waals surface area contributed by atoms with E-state index in [1.54, 1.807) is 0 Å². The van der Waals surface area contributed by atoms with Crippen LogP contribution in [-0.4, -0.2) is 43.7 Å². The molecular formula is C29H31F3N6O2. The molecule has 2 N–H and O–H groups in total. The Bertz CT molecular complexity index is 1500. The van der Waals surface area contributed by atoms with Crippen molar-refractivity contribution in [3.8, 4) is 0 Å². The number of anilines is 2. The van der Waals surface area contributed by atoms with Crippen LogP contribution in [0.5, 0.6) is 0 Å². The first kappa shape index (κ1) is 27.4. The first-order valence-corrected chi connectivity index (χ1v) is 13.2. The number of imidazole rings is 1. The van der Waals surface area contributed by atoms with Crippen molar-refractivity contribution in [3.63, 3.8) is 0 Å². The molecule has 4 aromatic rings. The number of para-hydroxylation sites is 1. The van der Waals surface area contributed by atoms with E-state index in [0.29, 0.717) is 28.6 Å². The molecule has 8 nitrogen and oxygen atoms in total. The third-order valence-corrected chi connectivity index (χ3v) is 7.79. The van der Waals surface area contributed by atoms with Gasteiger partial charge in [0.1, 0.15) is 11.3 Å². The van der Waals surface area contributed by atoms with Crippen LogP contribution in [0.25, 0.3) is 11.2 Å². The molecule has 0 spiro atoms. The van der Waals surface area contributed by atoms with Crippen molar-refractivity contribution in [1.29, 1.82) is 0 Å². The summed E-state index contributed by atoms with van der Waals surface area (Å²) in [4.78, 5) is 27.4. The summed E-state index contributed by atoms with van der Waals surface area (Å²) in [5.74, 6) is -0.271. The number of rotatable bonds is 9. The summed E-state index contributed by atoms with van der Waals surface area (Å²) >= 11 is 0. The average molecular weight is 553 g/mol. The minimum atomic E-state index is -4.44. The molecule has 210 valence electrons. The van der Waals surface area contributed by atoms with Crippen LogP contribution in [0.4, 0.5) is 24.7 Å². The standard InChI is InChI=1S/C29H31F3N6O2/c1-17(20-8-7-9-20)33-24-23-25(35-26(34-24)28(39)40)36-27(18(2)37(3)22-10-5-4-6-11-22)38(23)16-19-12-14-21(15-13-19)29(30,31)32/h4-6,10-15,17-18,20H,7-9,16H2,1-3H3,(H,39,40)(H,33,34,35). The molecule has 2 heterocycles. The predicted molar refractivity (Wildman–Crippen MR) is 147 cm³/mol. The Kier molecular flexibility index (Phi) is 7.39. The van der Waals surface area contributed by atoms with Crippen molar-refractivity contribution in [2.75, 3.05) is 17.3 Å². The van der Waals surface area contributed by atoms with E-state index < -0.39 is 17.7 Å². The molecule has 0 radical (unpaired) electrons. The highest BCUT2D eigenvalue weighted by atomic mass is 19.4. The first-order valence-electron chi connectivity index (χ1n) is 13.2. The maximum absolute atomic E-state index is 13.2. The Morgan fingerprint density at radius 3 is 2.33 bits per heavy atom. The number of benzene rings is 2. The molecule has 0 amide bonds. The van der Waals surface area contributed by atoms with E-state index in [1.165, 1.54) is 12.1 Å².